The maximum atomic E-state index is 12.7. The predicted octanol–water partition coefficient (Wildman–Crippen LogP) is 1.29. The first-order chi connectivity index (χ1) is 14.9. The van der Waals surface area contributed by atoms with Gasteiger partial charge in [-0.1, -0.05) is 5.16 Å². The smallest absolute Gasteiger partial charge is 0.475 e. The highest BCUT2D eigenvalue weighted by molar-refractivity contribution is 5.80. The van der Waals surface area contributed by atoms with Gasteiger partial charge in [0, 0.05) is 32.1 Å². The molecule has 0 aromatic carbocycles. The van der Waals surface area contributed by atoms with Gasteiger partial charge in [-0.25, -0.2) is 4.79 Å². The summed E-state index contributed by atoms with van der Waals surface area (Å²) in [5, 5.41) is 10.9. The van der Waals surface area contributed by atoms with Crippen molar-refractivity contribution in [2.75, 3.05) is 39.8 Å². The van der Waals surface area contributed by atoms with Gasteiger partial charge in [0.2, 0.25) is 11.8 Å². The first-order valence-corrected chi connectivity index (χ1v) is 10.1. The van der Waals surface area contributed by atoms with Gasteiger partial charge >= 0.3 is 18.1 Å². The number of aliphatic carboxylic acids is 1. The van der Waals surface area contributed by atoms with Gasteiger partial charge in [0.05, 0.1) is 12.0 Å². The summed E-state index contributed by atoms with van der Waals surface area (Å²) in [4.78, 5) is 42.4. The SMILES string of the molecule is CCOC(=O)[C@]12CCCN(C(=O)Cc3nc(C)no3)C[C@H]1CN(C)C2.O=C(O)C(F)(F)F. The maximum Gasteiger partial charge on any atom is 0.490 e. The molecule has 0 aliphatic carbocycles. The molecular formula is C19H27F3N4O6. The van der Waals surface area contributed by atoms with E-state index in [0.717, 1.165) is 19.4 Å². The number of ether oxygens (including phenoxy) is 1. The van der Waals surface area contributed by atoms with E-state index < -0.39 is 17.6 Å². The van der Waals surface area contributed by atoms with Crippen LogP contribution in [0.5, 0.6) is 0 Å². The van der Waals surface area contributed by atoms with Crippen molar-refractivity contribution in [2.24, 2.45) is 11.3 Å². The van der Waals surface area contributed by atoms with Gasteiger partial charge in [0.1, 0.15) is 6.42 Å². The lowest BCUT2D eigenvalue weighted by Crippen LogP contribution is -2.43. The first kappa shape index (κ1) is 25.6. The Hall–Kier alpha value is -2.70. The van der Waals surface area contributed by atoms with Gasteiger partial charge in [-0.2, -0.15) is 18.2 Å². The van der Waals surface area contributed by atoms with E-state index >= 15 is 0 Å². The molecule has 2 aliphatic rings. The van der Waals surface area contributed by atoms with Crippen LogP contribution in [0.15, 0.2) is 4.52 Å². The molecule has 0 unspecified atom stereocenters. The fourth-order valence-corrected chi connectivity index (χ4v) is 4.17. The highest BCUT2D eigenvalue weighted by Gasteiger charge is 2.53. The summed E-state index contributed by atoms with van der Waals surface area (Å²) in [6.07, 6.45) is -3.43. The van der Waals surface area contributed by atoms with E-state index in [1.54, 1.807) is 6.92 Å². The number of alkyl halides is 3. The fraction of sp³-hybridized carbons (Fsp3) is 0.737. The molecule has 0 spiro atoms. The average Bonchev–Trinajstić information content (AvgIpc) is 3.18. The van der Waals surface area contributed by atoms with Crippen molar-refractivity contribution < 1.29 is 41.9 Å². The Bertz CT molecular complexity index is 830. The van der Waals surface area contributed by atoms with E-state index in [0.29, 0.717) is 38.0 Å². The summed E-state index contributed by atoms with van der Waals surface area (Å²) in [6, 6.07) is 0. The van der Waals surface area contributed by atoms with Crippen LogP contribution in [0, 0.1) is 18.3 Å². The maximum absolute atomic E-state index is 12.7. The largest absolute Gasteiger partial charge is 0.490 e. The number of nitrogens with zero attached hydrogens (tertiary/aromatic N) is 4. The van der Waals surface area contributed by atoms with E-state index in [4.69, 9.17) is 19.2 Å². The number of carboxylic acids is 1. The number of fused-ring (bicyclic) bond motifs is 1. The van der Waals surface area contributed by atoms with E-state index in [1.165, 1.54) is 0 Å². The monoisotopic (exact) mass is 464 g/mol. The van der Waals surface area contributed by atoms with Crippen LogP contribution in [-0.4, -0.2) is 88.9 Å². The molecule has 1 amide bonds. The number of esters is 1. The summed E-state index contributed by atoms with van der Waals surface area (Å²) in [6.45, 7) is 6.65. The topological polar surface area (TPSA) is 126 Å². The number of amides is 1. The number of carbonyl (C=O) groups excluding carboxylic acids is 2. The van der Waals surface area contributed by atoms with E-state index in [1.807, 2.05) is 18.9 Å². The third-order valence-corrected chi connectivity index (χ3v) is 5.51. The van der Waals surface area contributed by atoms with Gasteiger partial charge in [0.15, 0.2) is 5.82 Å². The lowest BCUT2D eigenvalue weighted by atomic mass is 9.75. The molecular weight excluding hydrogens is 437 g/mol. The third kappa shape index (κ3) is 6.17. The molecule has 0 saturated carbocycles. The molecule has 1 N–H and O–H groups in total. The van der Waals surface area contributed by atoms with Crippen LogP contribution in [-0.2, 0) is 25.5 Å². The lowest BCUT2D eigenvalue weighted by molar-refractivity contribution is -0.192. The third-order valence-electron chi connectivity index (χ3n) is 5.51. The van der Waals surface area contributed by atoms with Crippen molar-refractivity contribution in [3.8, 4) is 0 Å². The molecule has 3 heterocycles. The van der Waals surface area contributed by atoms with Gasteiger partial charge in [-0.15, -0.1) is 0 Å². The molecule has 3 rings (SSSR count). The predicted molar refractivity (Wildman–Crippen MR) is 102 cm³/mol. The number of likely N-dealkylation sites (tertiary alicyclic amines) is 2. The number of halogens is 3. The minimum absolute atomic E-state index is 0.0298. The zero-order valence-corrected chi connectivity index (χ0v) is 18.1. The summed E-state index contributed by atoms with van der Waals surface area (Å²) in [5.74, 6) is -1.95. The van der Waals surface area contributed by atoms with Crippen LogP contribution in [0.1, 0.15) is 31.5 Å². The minimum Gasteiger partial charge on any atom is -0.475 e. The first-order valence-electron chi connectivity index (χ1n) is 10.1. The van der Waals surface area contributed by atoms with Crippen molar-refractivity contribution in [2.45, 2.75) is 39.3 Å². The normalized spacial score (nSPS) is 23.6. The highest BCUT2D eigenvalue weighted by Crippen LogP contribution is 2.43. The summed E-state index contributed by atoms with van der Waals surface area (Å²) < 4.78 is 42.2. The van der Waals surface area contributed by atoms with Crippen molar-refractivity contribution in [1.29, 1.82) is 0 Å². The lowest BCUT2D eigenvalue weighted by Gasteiger charge is -2.31. The van der Waals surface area contributed by atoms with Gasteiger partial charge in [-0.3, -0.25) is 9.59 Å². The second-order valence-corrected chi connectivity index (χ2v) is 7.93. The number of hydrogen-bond donors (Lipinski definition) is 1. The molecule has 32 heavy (non-hydrogen) atoms. The van der Waals surface area contributed by atoms with Crippen LogP contribution in [0.2, 0.25) is 0 Å². The standard InChI is InChI=1S/C17H26N4O4.C2HF3O2/c1-4-24-16(23)17-6-5-7-21(10-13(17)9-20(3)11-17)15(22)8-14-18-12(2)19-25-14;3-2(4,5)1(6)7/h13H,4-11H2,1-3H3;(H,6,7)/t13-,17+;/m1./s1. The molecule has 0 radical (unpaired) electrons. The molecule has 2 saturated heterocycles. The van der Waals surface area contributed by atoms with Crippen molar-refractivity contribution in [1.82, 2.24) is 19.9 Å². The zero-order chi connectivity index (χ0) is 24.1. The van der Waals surface area contributed by atoms with Gasteiger partial charge in [-0.05, 0) is 33.7 Å². The van der Waals surface area contributed by atoms with Crippen LogP contribution >= 0.6 is 0 Å². The molecule has 180 valence electrons. The zero-order valence-electron chi connectivity index (χ0n) is 18.1. The second-order valence-electron chi connectivity index (χ2n) is 7.93. The number of aryl methyl sites for hydroxylation is 1. The molecule has 2 atom stereocenters. The van der Waals surface area contributed by atoms with Crippen molar-refractivity contribution in [3.63, 3.8) is 0 Å². The number of carbonyl (C=O) groups is 3. The molecule has 2 aliphatic heterocycles. The summed E-state index contributed by atoms with van der Waals surface area (Å²) in [5.41, 5.74) is -0.499. The van der Waals surface area contributed by atoms with Crippen LogP contribution in [0.25, 0.3) is 0 Å². The summed E-state index contributed by atoms with van der Waals surface area (Å²) >= 11 is 0. The molecule has 2 fully saturated rings. The number of carboxylic acid groups (broad SMARTS) is 1. The minimum atomic E-state index is -5.08. The van der Waals surface area contributed by atoms with Crippen molar-refractivity contribution in [3.05, 3.63) is 11.7 Å². The Labute approximate surface area is 182 Å². The van der Waals surface area contributed by atoms with E-state index in [-0.39, 0.29) is 24.2 Å². The van der Waals surface area contributed by atoms with Crippen LogP contribution in [0.4, 0.5) is 13.2 Å². The number of hydrogen-bond acceptors (Lipinski definition) is 8. The average molecular weight is 464 g/mol. The molecule has 1 aromatic heterocycles. The Kier molecular flexibility index (Phi) is 8.21. The molecule has 13 heteroatoms. The number of rotatable bonds is 4. The Morgan fingerprint density at radius 2 is 1.97 bits per heavy atom. The Balaban J connectivity index is 0.000000451. The van der Waals surface area contributed by atoms with Crippen LogP contribution in [0.3, 0.4) is 0 Å². The van der Waals surface area contributed by atoms with Crippen molar-refractivity contribution >= 4 is 17.8 Å². The van der Waals surface area contributed by atoms with Gasteiger partial charge in [0.25, 0.3) is 0 Å². The molecule has 1 aromatic rings. The van der Waals surface area contributed by atoms with Crippen LogP contribution < -0.4 is 0 Å². The quantitative estimate of drug-likeness (QED) is 0.656. The van der Waals surface area contributed by atoms with E-state index in [9.17, 15) is 22.8 Å². The molecule has 0 bridgehead atoms. The highest BCUT2D eigenvalue weighted by atomic mass is 19.4. The second kappa shape index (κ2) is 10.3. The Morgan fingerprint density at radius 3 is 2.50 bits per heavy atom. The van der Waals surface area contributed by atoms with E-state index in [2.05, 4.69) is 15.0 Å². The molecule has 10 nitrogen and oxygen atoms in total. The number of aromatic nitrogens is 2. The Morgan fingerprint density at radius 1 is 1.31 bits per heavy atom. The fourth-order valence-electron chi connectivity index (χ4n) is 4.17. The summed E-state index contributed by atoms with van der Waals surface area (Å²) in [7, 11) is 2.02. The van der Waals surface area contributed by atoms with Gasteiger partial charge < -0.3 is 24.2 Å².